The summed E-state index contributed by atoms with van der Waals surface area (Å²) in [7, 11) is 0. The molecule has 4 aromatic rings. The number of rotatable bonds is 5. The highest BCUT2D eigenvalue weighted by Crippen LogP contribution is 2.31. The maximum Gasteiger partial charge on any atom is 0.138 e. The second-order valence-electron chi connectivity index (χ2n) is 9.08. The fourth-order valence-electron chi connectivity index (χ4n) is 5.12. The summed E-state index contributed by atoms with van der Waals surface area (Å²) in [5.74, 6) is 1.45. The highest BCUT2D eigenvalue weighted by atomic mass is 19.1. The second-order valence-corrected chi connectivity index (χ2v) is 9.08. The highest BCUT2D eigenvalue weighted by Gasteiger charge is 2.16. The van der Waals surface area contributed by atoms with Crippen LogP contribution in [0.3, 0.4) is 0 Å². The summed E-state index contributed by atoms with van der Waals surface area (Å²) in [5.41, 5.74) is 7.18. The molecule has 162 valence electrons. The van der Waals surface area contributed by atoms with Gasteiger partial charge in [-0.05, 0) is 101 Å². The van der Waals surface area contributed by atoms with Gasteiger partial charge in [0.1, 0.15) is 11.6 Å². The van der Waals surface area contributed by atoms with Crippen molar-refractivity contribution in [2.24, 2.45) is 5.92 Å². The number of benzene rings is 2. The van der Waals surface area contributed by atoms with Crippen molar-refractivity contribution < 1.29 is 4.39 Å². The van der Waals surface area contributed by atoms with Gasteiger partial charge in [0.25, 0.3) is 0 Å². The monoisotopic (exact) mass is 418 g/mol. The maximum absolute atomic E-state index is 13.9. The predicted molar refractivity (Wildman–Crippen MR) is 126 cm³/mol. The molecule has 3 heterocycles. The van der Waals surface area contributed by atoms with Gasteiger partial charge in [-0.1, -0.05) is 0 Å². The molecule has 4 nitrogen and oxygen atoms in total. The molecule has 2 aromatic carbocycles. The van der Waals surface area contributed by atoms with Crippen molar-refractivity contribution in [2.75, 3.05) is 13.1 Å². The van der Waals surface area contributed by atoms with E-state index in [4.69, 9.17) is 4.98 Å². The summed E-state index contributed by atoms with van der Waals surface area (Å²) in [4.78, 5) is 8.07. The first kappa shape index (κ1) is 20.3. The molecule has 5 rings (SSSR count). The number of halogens is 1. The molecule has 0 atom stereocenters. The molecule has 0 aliphatic carbocycles. The van der Waals surface area contributed by atoms with Crippen LogP contribution in [0.2, 0.25) is 0 Å². The van der Waals surface area contributed by atoms with Crippen molar-refractivity contribution in [1.29, 1.82) is 0 Å². The van der Waals surface area contributed by atoms with Crippen LogP contribution in [0.15, 0.2) is 30.3 Å². The molecule has 31 heavy (non-hydrogen) atoms. The zero-order valence-corrected chi connectivity index (χ0v) is 18.7. The molecule has 0 bridgehead atoms. The van der Waals surface area contributed by atoms with Crippen molar-refractivity contribution in [3.05, 3.63) is 53.0 Å². The van der Waals surface area contributed by atoms with Crippen LogP contribution < -0.4 is 5.32 Å². The molecular weight excluding hydrogens is 387 g/mol. The Labute approximate surface area is 182 Å². The Hall–Kier alpha value is -2.66. The minimum atomic E-state index is -0.214. The van der Waals surface area contributed by atoms with Gasteiger partial charge in [-0.3, -0.25) is 0 Å². The number of fused-ring (bicyclic) bond motifs is 2. The molecule has 2 N–H and O–H groups in total. The number of nitrogens with one attached hydrogen (secondary N) is 2. The summed E-state index contributed by atoms with van der Waals surface area (Å²) in [6, 6.07) is 9.84. The van der Waals surface area contributed by atoms with Gasteiger partial charge in [-0.15, -0.1) is 0 Å². The molecule has 5 heteroatoms. The average molecular weight is 419 g/mol. The van der Waals surface area contributed by atoms with Crippen LogP contribution in [0, 0.1) is 32.5 Å². The third kappa shape index (κ3) is 3.65. The Morgan fingerprint density at radius 1 is 1.06 bits per heavy atom. The number of piperidine rings is 1. The van der Waals surface area contributed by atoms with E-state index in [1.807, 2.05) is 0 Å². The molecule has 0 spiro atoms. The largest absolute Gasteiger partial charge is 0.345 e. The number of imidazole rings is 1. The first-order valence-electron chi connectivity index (χ1n) is 11.5. The number of hydrogen-bond acceptors (Lipinski definition) is 2. The SMILES string of the molecule is Cc1c(C)n(CCCC2CCNCC2)c2ccc(-c3nc4c(C)c(F)ccc4[nH]3)cc12. The van der Waals surface area contributed by atoms with E-state index in [1.54, 1.807) is 13.0 Å². The topological polar surface area (TPSA) is 45.6 Å². The van der Waals surface area contributed by atoms with Gasteiger partial charge in [0.05, 0.1) is 11.0 Å². The lowest BCUT2D eigenvalue weighted by molar-refractivity contribution is 0.340. The van der Waals surface area contributed by atoms with Crippen LogP contribution >= 0.6 is 0 Å². The summed E-state index contributed by atoms with van der Waals surface area (Å²) in [6.07, 6.45) is 5.17. The highest BCUT2D eigenvalue weighted by molar-refractivity contribution is 5.90. The van der Waals surface area contributed by atoms with Crippen LogP contribution in [0.25, 0.3) is 33.3 Å². The van der Waals surface area contributed by atoms with E-state index in [1.165, 1.54) is 67.0 Å². The molecule has 0 amide bonds. The Bertz CT molecular complexity index is 1240. The Morgan fingerprint density at radius 3 is 2.68 bits per heavy atom. The zero-order chi connectivity index (χ0) is 21.5. The molecule has 1 saturated heterocycles. The molecule has 1 aliphatic heterocycles. The van der Waals surface area contributed by atoms with Gasteiger partial charge in [-0.2, -0.15) is 0 Å². The van der Waals surface area contributed by atoms with Gasteiger partial charge in [0, 0.05) is 34.3 Å². The fraction of sp³-hybridized carbons (Fsp3) is 0.423. The van der Waals surface area contributed by atoms with Crippen LogP contribution in [-0.2, 0) is 6.54 Å². The number of H-pyrrole nitrogens is 1. The van der Waals surface area contributed by atoms with E-state index in [0.717, 1.165) is 29.4 Å². The van der Waals surface area contributed by atoms with Crippen molar-refractivity contribution >= 4 is 21.9 Å². The zero-order valence-electron chi connectivity index (χ0n) is 18.7. The first-order valence-corrected chi connectivity index (χ1v) is 11.5. The molecule has 1 aliphatic rings. The lowest BCUT2D eigenvalue weighted by Gasteiger charge is -2.22. The van der Waals surface area contributed by atoms with Gasteiger partial charge in [0.2, 0.25) is 0 Å². The quantitative estimate of drug-likeness (QED) is 0.416. The second kappa shape index (κ2) is 8.12. The third-order valence-electron chi connectivity index (χ3n) is 7.21. The molecule has 0 unspecified atom stereocenters. The van der Waals surface area contributed by atoms with Gasteiger partial charge in [-0.25, -0.2) is 9.37 Å². The Balaban J connectivity index is 1.44. The van der Waals surface area contributed by atoms with E-state index in [2.05, 4.69) is 46.9 Å². The summed E-state index contributed by atoms with van der Waals surface area (Å²) in [6.45, 7) is 9.64. The van der Waals surface area contributed by atoms with E-state index < -0.39 is 0 Å². The fourth-order valence-corrected chi connectivity index (χ4v) is 5.12. The van der Waals surface area contributed by atoms with E-state index in [-0.39, 0.29) is 5.82 Å². The van der Waals surface area contributed by atoms with Gasteiger partial charge in [0.15, 0.2) is 0 Å². The summed E-state index contributed by atoms with van der Waals surface area (Å²) >= 11 is 0. The summed E-state index contributed by atoms with van der Waals surface area (Å²) < 4.78 is 16.4. The Kier molecular flexibility index (Phi) is 5.30. The normalized spacial score (nSPS) is 15.4. The van der Waals surface area contributed by atoms with Crippen LogP contribution in [0.4, 0.5) is 4.39 Å². The van der Waals surface area contributed by atoms with Gasteiger partial charge >= 0.3 is 0 Å². The number of aromatic amines is 1. The van der Waals surface area contributed by atoms with Crippen LogP contribution in [0.1, 0.15) is 42.5 Å². The van der Waals surface area contributed by atoms with Crippen molar-refractivity contribution in [1.82, 2.24) is 19.9 Å². The van der Waals surface area contributed by atoms with Crippen molar-refractivity contribution in [2.45, 2.75) is 53.0 Å². The standard InChI is InChI=1S/C26H31FN4/c1-16-18(3)31(14-4-5-19-10-12-28-13-11-19)24-9-6-20(15-21(16)24)26-29-23-8-7-22(27)17(2)25(23)30-26/h6-9,15,19,28H,4-5,10-14H2,1-3H3,(H,29,30). The third-order valence-corrected chi connectivity index (χ3v) is 7.21. The lowest BCUT2D eigenvalue weighted by Crippen LogP contribution is -2.27. The number of aromatic nitrogens is 3. The molecule has 0 saturated carbocycles. The van der Waals surface area contributed by atoms with Crippen molar-refractivity contribution in [3.8, 4) is 11.4 Å². The lowest BCUT2D eigenvalue weighted by atomic mass is 9.93. The average Bonchev–Trinajstić information content (AvgIpc) is 3.33. The minimum absolute atomic E-state index is 0.214. The Morgan fingerprint density at radius 2 is 1.87 bits per heavy atom. The van der Waals surface area contributed by atoms with Crippen LogP contribution in [0.5, 0.6) is 0 Å². The van der Waals surface area contributed by atoms with E-state index in [0.29, 0.717) is 11.1 Å². The summed E-state index contributed by atoms with van der Waals surface area (Å²) in [5, 5.41) is 4.74. The number of hydrogen-bond donors (Lipinski definition) is 2. The smallest absolute Gasteiger partial charge is 0.138 e. The molecule has 2 aromatic heterocycles. The minimum Gasteiger partial charge on any atom is -0.345 e. The number of nitrogens with zero attached hydrogens (tertiary/aromatic N) is 2. The molecule has 0 radical (unpaired) electrons. The van der Waals surface area contributed by atoms with E-state index >= 15 is 0 Å². The maximum atomic E-state index is 13.9. The van der Waals surface area contributed by atoms with Crippen LogP contribution in [-0.4, -0.2) is 27.6 Å². The predicted octanol–water partition coefficient (Wildman–Crippen LogP) is 6.03. The number of aryl methyl sites for hydroxylation is 3. The van der Waals surface area contributed by atoms with E-state index in [9.17, 15) is 4.39 Å². The first-order chi connectivity index (χ1) is 15.0. The van der Waals surface area contributed by atoms with Crippen molar-refractivity contribution in [3.63, 3.8) is 0 Å². The molecular formula is C26H31FN4. The van der Waals surface area contributed by atoms with Gasteiger partial charge < -0.3 is 14.9 Å². The molecule has 1 fully saturated rings.